The van der Waals surface area contributed by atoms with Crippen LogP contribution in [0.4, 0.5) is 5.82 Å². The van der Waals surface area contributed by atoms with E-state index in [-0.39, 0.29) is 5.91 Å². The van der Waals surface area contributed by atoms with Crippen molar-refractivity contribution in [3.8, 4) is 0 Å². The van der Waals surface area contributed by atoms with Gasteiger partial charge in [0.25, 0.3) is 5.91 Å². The quantitative estimate of drug-likeness (QED) is 0.874. The van der Waals surface area contributed by atoms with Crippen LogP contribution >= 0.6 is 0 Å². The molecule has 0 spiro atoms. The molecular weight excluding hydrogens is 290 g/mol. The number of hydrogen-bond donors (Lipinski definition) is 0. The SMILES string of the molecule is Cc1occc1C(=O)N1CCN(CC2CC2)c2ncccc2C1. The summed E-state index contributed by atoms with van der Waals surface area (Å²) >= 11 is 0. The van der Waals surface area contributed by atoms with E-state index in [4.69, 9.17) is 4.42 Å². The Labute approximate surface area is 135 Å². The highest BCUT2D eigenvalue weighted by molar-refractivity contribution is 5.95. The number of pyridine rings is 1. The van der Waals surface area contributed by atoms with Crippen LogP contribution in [0.3, 0.4) is 0 Å². The van der Waals surface area contributed by atoms with Crippen LogP contribution in [0.25, 0.3) is 0 Å². The average molecular weight is 311 g/mol. The second-order valence-electron chi connectivity index (χ2n) is 6.49. The van der Waals surface area contributed by atoms with Gasteiger partial charge in [0.05, 0.1) is 11.8 Å². The molecule has 2 aliphatic rings. The lowest BCUT2D eigenvalue weighted by atomic mass is 10.2. The minimum atomic E-state index is 0.0410. The Morgan fingerprint density at radius 2 is 2.22 bits per heavy atom. The molecule has 0 aromatic carbocycles. The van der Waals surface area contributed by atoms with Crippen LogP contribution in [0, 0.1) is 12.8 Å². The van der Waals surface area contributed by atoms with Crippen LogP contribution < -0.4 is 4.90 Å². The summed E-state index contributed by atoms with van der Waals surface area (Å²) in [5.74, 6) is 2.56. The predicted molar refractivity (Wildman–Crippen MR) is 87.4 cm³/mol. The number of fused-ring (bicyclic) bond motifs is 1. The minimum Gasteiger partial charge on any atom is -0.469 e. The van der Waals surface area contributed by atoms with Gasteiger partial charge in [-0.05, 0) is 37.8 Å². The molecule has 0 radical (unpaired) electrons. The number of hydrogen-bond acceptors (Lipinski definition) is 4. The van der Waals surface area contributed by atoms with E-state index in [1.54, 1.807) is 12.3 Å². The fourth-order valence-electron chi connectivity index (χ4n) is 3.21. The van der Waals surface area contributed by atoms with E-state index in [9.17, 15) is 4.79 Å². The Kier molecular flexibility index (Phi) is 3.56. The fourth-order valence-corrected chi connectivity index (χ4v) is 3.21. The van der Waals surface area contributed by atoms with Crippen molar-refractivity contribution in [3.63, 3.8) is 0 Å². The molecule has 120 valence electrons. The summed E-state index contributed by atoms with van der Waals surface area (Å²) in [6.07, 6.45) is 6.05. The van der Waals surface area contributed by atoms with Crippen LogP contribution in [0.5, 0.6) is 0 Å². The normalized spacial score (nSPS) is 17.8. The first-order valence-electron chi connectivity index (χ1n) is 8.24. The molecule has 0 saturated heterocycles. The number of rotatable bonds is 3. The highest BCUT2D eigenvalue weighted by Crippen LogP contribution is 2.33. The van der Waals surface area contributed by atoms with E-state index < -0.39 is 0 Å². The maximum atomic E-state index is 12.8. The molecule has 1 aliphatic carbocycles. The van der Waals surface area contributed by atoms with Crippen LogP contribution in [-0.2, 0) is 6.54 Å². The van der Waals surface area contributed by atoms with Gasteiger partial charge in [0.15, 0.2) is 0 Å². The van der Waals surface area contributed by atoms with E-state index in [0.29, 0.717) is 24.4 Å². The average Bonchev–Trinajstić information content (AvgIpc) is 3.31. The summed E-state index contributed by atoms with van der Waals surface area (Å²) in [6.45, 7) is 5.04. The van der Waals surface area contributed by atoms with Crippen molar-refractivity contribution in [2.75, 3.05) is 24.5 Å². The van der Waals surface area contributed by atoms with Gasteiger partial charge >= 0.3 is 0 Å². The zero-order chi connectivity index (χ0) is 15.8. The Morgan fingerprint density at radius 3 is 2.96 bits per heavy atom. The molecule has 0 unspecified atom stereocenters. The topological polar surface area (TPSA) is 49.6 Å². The molecule has 2 aromatic rings. The number of carbonyl (C=O) groups excluding carboxylic acids is 1. The second-order valence-corrected chi connectivity index (χ2v) is 6.49. The van der Waals surface area contributed by atoms with Crippen LogP contribution in [-0.4, -0.2) is 35.4 Å². The Bertz CT molecular complexity index is 721. The number of aromatic nitrogens is 1. The number of nitrogens with zero attached hydrogens (tertiary/aromatic N) is 3. The lowest BCUT2D eigenvalue weighted by molar-refractivity contribution is 0.0749. The first-order chi connectivity index (χ1) is 11.2. The van der Waals surface area contributed by atoms with E-state index >= 15 is 0 Å². The molecule has 5 nitrogen and oxygen atoms in total. The van der Waals surface area contributed by atoms with Gasteiger partial charge < -0.3 is 14.2 Å². The van der Waals surface area contributed by atoms with Crippen molar-refractivity contribution in [1.82, 2.24) is 9.88 Å². The van der Waals surface area contributed by atoms with Crippen LogP contribution in [0.1, 0.15) is 34.5 Å². The molecule has 2 aromatic heterocycles. The fraction of sp³-hybridized carbons (Fsp3) is 0.444. The summed E-state index contributed by atoms with van der Waals surface area (Å²) in [5, 5.41) is 0. The summed E-state index contributed by atoms with van der Waals surface area (Å²) in [6, 6.07) is 5.79. The first kappa shape index (κ1) is 14.3. The third kappa shape index (κ3) is 2.83. The molecule has 0 bridgehead atoms. The van der Waals surface area contributed by atoms with Gasteiger partial charge in [-0.1, -0.05) is 6.07 Å². The summed E-state index contributed by atoms with van der Waals surface area (Å²) < 4.78 is 5.29. The number of carbonyl (C=O) groups is 1. The highest BCUT2D eigenvalue weighted by atomic mass is 16.3. The van der Waals surface area contributed by atoms with Crippen molar-refractivity contribution < 1.29 is 9.21 Å². The third-order valence-corrected chi connectivity index (χ3v) is 4.72. The lowest BCUT2D eigenvalue weighted by Gasteiger charge is -2.23. The van der Waals surface area contributed by atoms with Crippen molar-refractivity contribution in [1.29, 1.82) is 0 Å². The number of aryl methyl sites for hydroxylation is 1. The Morgan fingerprint density at radius 1 is 1.35 bits per heavy atom. The molecule has 5 heteroatoms. The first-order valence-corrected chi connectivity index (χ1v) is 8.24. The molecule has 4 rings (SSSR count). The van der Waals surface area contributed by atoms with Crippen molar-refractivity contribution in [2.45, 2.75) is 26.3 Å². The summed E-state index contributed by atoms with van der Waals surface area (Å²) in [4.78, 5) is 21.7. The van der Waals surface area contributed by atoms with E-state index in [2.05, 4.69) is 16.0 Å². The van der Waals surface area contributed by atoms with Crippen molar-refractivity contribution >= 4 is 11.7 Å². The molecule has 1 aliphatic heterocycles. The van der Waals surface area contributed by atoms with E-state index in [1.165, 1.54) is 12.8 Å². The summed E-state index contributed by atoms with van der Waals surface area (Å²) in [5.41, 5.74) is 1.78. The Hall–Kier alpha value is -2.30. The largest absolute Gasteiger partial charge is 0.469 e. The number of furan rings is 1. The van der Waals surface area contributed by atoms with Gasteiger partial charge in [-0.2, -0.15) is 0 Å². The molecular formula is C18H21N3O2. The molecule has 1 fully saturated rings. The maximum absolute atomic E-state index is 12.8. The summed E-state index contributed by atoms with van der Waals surface area (Å²) in [7, 11) is 0. The van der Waals surface area contributed by atoms with Crippen molar-refractivity contribution in [3.05, 3.63) is 47.5 Å². The molecule has 0 atom stereocenters. The van der Waals surface area contributed by atoms with Gasteiger partial charge in [0.2, 0.25) is 0 Å². The molecule has 1 amide bonds. The highest BCUT2D eigenvalue weighted by Gasteiger charge is 2.30. The van der Waals surface area contributed by atoms with Gasteiger partial charge in [-0.25, -0.2) is 4.98 Å². The Balaban J connectivity index is 1.61. The molecule has 1 saturated carbocycles. The van der Waals surface area contributed by atoms with E-state index in [1.807, 2.05) is 24.1 Å². The minimum absolute atomic E-state index is 0.0410. The third-order valence-electron chi connectivity index (χ3n) is 4.72. The van der Waals surface area contributed by atoms with Gasteiger partial charge in [0, 0.05) is 37.9 Å². The standard InChI is InChI=1S/C18H21N3O2/c1-13-16(6-10-23-13)18(22)21-9-8-20(11-14-4-5-14)17-15(12-21)3-2-7-19-17/h2-3,6-7,10,14H,4-5,8-9,11-12H2,1H3. The maximum Gasteiger partial charge on any atom is 0.257 e. The monoisotopic (exact) mass is 311 g/mol. The second kappa shape index (κ2) is 5.72. The van der Waals surface area contributed by atoms with Crippen LogP contribution in [0.2, 0.25) is 0 Å². The molecule has 23 heavy (non-hydrogen) atoms. The van der Waals surface area contributed by atoms with Gasteiger partial charge in [0.1, 0.15) is 11.6 Å². The van der Waals surface area contributed by atoms with Gasteiger partial charge in [-0.15, -0.1) is 0 Å². The molecule has 3 heterocycles. The predicted octanol–water partition coefficient (Wildman–Crippen LogP) is 2.86. The zero-order valence-corrected chi connectivity index (χ0v) is 13.4. The van der Waals surface area contributed by atoms with Crippen molar-refractivity contribution in [2.24, 2.45) is 5.92 Å². The van der Waals surface area contributed by atoms with Crippen LogP contribution in [0.15, 0.2) is 35.1 Å². The molecule has 0 N–H and O–H groups in total. The van der Waals surface area contributed by atoms with E-state index in [0.717, 1.165) is 30.4 Å². The smallest absolute Gasteiger partial charge is 0.257 e. The number of amides is 1. The number of anilines is 1. The van der Waals surface area contributed by atoms with Gasteiger partial charge in [-0.3, -0.25) is 4.79 Å². The zero-order valence-electron chi connectivity index (χ0n) is 13.4. The lowest BCUT2D eigenvalue weighted by Crippen LogP contribution is -2.36.